The van der Waals surface area contributed by atoms with E-state index in [4.69, 9.17) is 10.5 Å². The number of benzene rings is 1. The number of aliphatic hydroxyl groups is 1. The summed E-state index contributed by atoms with van der Waals surface area (Å²) in [5.41, 5.74) is 6.76. The first kappa shape index (κ1) is 16.1. The summed E-state index contributed by atoms with van der Waals surface area (Å²) in [6, 6.07) is 8.22. The van der Waals surface area contributed by atoms with Crippen molar-refractivity contribution in [3.63, 3.8) is 0 Å². The highest BCUT2D eigenvalue weighted by molar-refractivity contribution is 5.49. The SMILES string of the molecule is COc1ccc(N2CCN(CCC(C)(N)CO)CC2)cc1. The molecule has 1 atom stereocenters. The minimum absolute atomic E-state index is 0.0405. The van der Waals surface area contributed by atoms with Crippen LogP contribution in [-0.4, -0.2) is 62.0 Å². The van der Waals surface area contributed by atoms with Crippen LogP contribution in [0.15, 0.2) is 24.3 Å². The van der Waals surface area contributed by atoms with Gasteiger partial charge in [0.2, 0.25) is 0 Å². The van der Waals surface area contributed by atoms with E-state index in [0.29, 0.717) is 0 Å². The molecule has 21 heavy (non-hydrogen) atoms. The molecule has 0 aromatic heterocycles. The van der Waals surface area contributed by atoms with Crippen molar-refractivity contribution in [1.29, 1.82) is 0 Å². The Morgan fingerprint density at radius 3 is 2.33 bits per heavy atom. The quantitative estimate of drug-likeness (QED) is 0.816. The lowest BCUT2D eigenvalue weighted by molar-refractivity contribution is 0.171. The smallest absolute Gasteiger partial charge is 0.119 e. The van der Waals surface area contributed by atoms with Crippen LogP contribution in [0.4, 0.5) is 5.69 Å². The molecule has 0 saturated carbocycles. The molecule has 0 aliphatic carbocycles. The first-order chi connectivity index (χ1) is 10.0. The van der Waals surface area contributed by atoms with Gasteiger partial charge in [-0.1, -0.05) is 0 Å². The van der Waals surface area contributed by atoms with Crippen molar-refractivity contribution < 1.29 is 9.84 Å². The maximum atomic E-state index is 9.19. The van der Waals surface area contributed by atoms with Crippen molar-refractivity contribution in [2.45, 2.75) is 18.9 Å². The number of methoxy groups -OCH3 is 1. The Kier molecular flexibility index (Phi) is 5.45. The molecule has 0 bridgehead atoms. The minimum atomic E-state index is -0.465. The third kappa shape index (κ3) is 4.59. The van der Waals surface area contributed by atoms with Gasteiger partial charge in [0.05, 0.1) is 13.7 Å². The van der Waals surface area contributed by atoms with Gasteiger partial charge in [0, 0.05) is 44.0 Å². The van der Waals surface area contributed by atoms with Gasteiger partial charge < -0.3 is 20.5 Å². The molecule has 1 fully saturated rings. The maximum absolute atomic E-state index is 9.19. The largest absolute Gasteiger partial charge is 0.497 e. The number of nitrogens with two attached hydrogens (primary N) is 1. The predicted molar refractivity (Wildman–Crippen MR) is 85.9 cm³/mol. The van der Waals surface area contributed by atoms with Gasteiger partial charge in [0.15, 0.2) is 0 Å². The van der Waals surface area contributed by atoms with E-state index in [-0.39, 0.29) is 6.61 Å². The number of ether oxygens (including phenoxy) is 1. The lowest BCUT2D eigenvalue weighted by atomic mass is 10.0. The van der Waals surface area contributed by atoms with E-state index < -0.39 is 5.54 Å². The lowest BCUT2D eigenvalue weighted by Crippen LogP contribution is -2.49. The highest BCUT2D eigenvalue weighted by atomic mass is 16.5. The van der Waals surface area contributed by atoms with Crippen molar-refractivity contribution in [2.75, 3.05) is 51.3 Å². The average Bonchev–Trinajstić information content (AvgIpc) is 2.54. The molecule has 118 valence electrons. The zero-order valence-corrected chi connectivity index (χ0v) is 13.1. The van der Waals surface area contributed by atoms with E-state index >= 15 is 0 Å². The third-order valence-electron chi connectivity index (χ3n) is 4.17. The van der Waals surface area contributed by atoms with Gasteiger partial charge in [-0.15, -0.1) is 0 Å². The Labute approximate surface area is 127 Å². The van der Waals surface area contributed by atoms with Crippen molar-refractivity contribution in [3.05, 3.63) is 24.3 Å². The van der Waals surface area contributed by atoms with Crippen LogP contribution in [0.5, 0.6) is 5.75 Å². The molecule has 5 nitrogen and oxygen atoms in total. The number of hydrogen-bond donors (Lipinski definition) is 2. The Morgan fingerprint density at radius 2 is 1.81 bits per heavy atom. The van der Waals surface area contributed by atoms with E-state index in [1.54, 1.807) is 7.11 Å². The van der Waals surface area contributed by atoms with Crippen molar-refractivity contribution in [2.24, 2.45) is 5.73 Å². The normalized spacial score (nSPS) is 19.3. The first-order valence-corrected chi connectivity index (χ1v) is 7.55. The summed E-state index contributed by atoms with van der Waals surface area (Å²) in [4.78, 5) is 4.81. The summed E-state index contributed by atoms with van der Waals surface area (Å²) in [5.74, 6) is 0.892. The molecule has 0 spiro atoms. The molecule has 1 saturated heterocycles. The molecule has 0 radical (unpaired) electrons. The van der Waals surface area contributed by atoms with Gasteiger partial charge in [-0.2, -0.15) is 0 Å². The van der Waals surface area contributed by atoms with Crippen LogP contribution in [0.25, 0.3) is 0 Å². The molecule has 1 unspecified atom stereocenters. The molecule has 1 aliphatic rings. The zero-order chi connectivity index (χ0) is 15.3. The second kappa shape index (κ2) is 7.11. The van der Waals surface area contributed by atoms with Gasteiger partial charge >= 0.3 is 0 Å². The van der Waals surface area contributed by atoms with Crippen molar-refractivity contribution in [3.8, 4) is 5.75 Å². The van der Waals surface area contributed by atoms with Gasteiger partial charge in [-0.25, -0.2) is 0 Å². The Bertz CT molecular complexity index is 426. The van der Waals surface area contributed by atoms with Crippen LogP contribution in [0.1, 0.15) is 13.3 Å². The van der Waals surface area contributed by atoms with Gasteiger partial charge in [0.25, 0.3) is 0 Å². The number of anilines is 1. The zero-order valence-electron chi connectivity index (χ0n) is 13.1. The Hall–Kier alpha value is -1.30. The fourth-order valence-corrected chi connectivity index (χ4v) is 2.52. The number of piperazine rings is 1. The highest BCUT2D eigenvalue weighted by Gasteiger charge is 2.21. The summed E-state index contributed by atoms with van der Waals surface area (Å²) in [6.45, 7) is 7.00. The fraction of sp³-hybridized carbons (Fsp3) is 0.625. The van der Waals surface area contributed by atoms with Crippen molar-refractivity contribution in [1.82, 2.24) is 4.90 Å². The third-order valence-corrected chi connectivity index (χ3v) is 4.17. The van der Waals surface area contributed by atoms with Crippen LogP contribution in [0.3, 0.4) is 0 Å². The van der Waals surface area contributed by atoms with E-state index in [9.17, 15) is 5.11 Å². The number of nitrogens with zero attached hydrogens (tertiary/aromatic N) is 2. The highest BCUT2D eigenvalue weighted by Crippen LogP contribution is 2.20. The van der Waals surface area contributed by atoms with Crippen LogP contribution in [0.2, 0.25) is 0 Å². The predicted octanol–water partition coefficient (Wildman–Crippen LogP) is 0.917. The average molecular weight is 293 g/mol. The molecular formula is C16H27N3O2. The number of rotatable bonds is 6. The lowest BCUT2D eigenvalue weighted by Gasteiger charge is -2.37. The van der Waals surface area contributed by atoms with Crippen LogP contribution >= 0.6 is 0 Å². The van der Waals surface area contributed by atoms with E-state index in [1.165, 1.54) is 5.69 Å². The molecule has 1 heterocycles. The second-order valence-corrected chi connectivity index (χ2v) is 6.09. The van der Waals surface area contributed by atoms with E-state index in [0.717, 1.165) is 44.9 Å². The standard InChI is InChI=1S/C16H27N3O2/c1-16(17,13-20)7-8-18-9-11-19(12-10-18)14-3-5-15(21-2)6-4-14/h3-6,20H,7-13,17H2,1-2H3. The molecule has 2 rings (SSSR count). The Morgan fingerprint density at radius 1 is 1.19 bits per heavy atom. The minimum Gasteiger partial charge on any atom is -0.497 e. The maximum Gasteiger partial charge on any atom is 0.119 e. The molecule has 1 aromatic carbocycles. The summed E-state index contributed by atoms with van der Waals surface area (Å²) in [6.07, 6.45) is 0.825. The van der Waals surface area contributed by atoms with Gasteiger partial charge in [-0.05, 0) is 37.6 Å². The molecular weight excluding hydrogens is 266 g/mol. The molecule has 0 amide bonds. The summed E-state index contributed by atoms with van der Waals surface area (Å²) in [5, 5.41) is 9.19. The molecule has 3 N–H and O–H groups in total. The first-order valence-electron chi connectivity index (χ1n) is 7.55. The molecule has 1 aromatic rings. The van der Waals surface area contributed by atoms with Crippen molar-refractivity contribution >= 4 is 5.69 Å². The molecule has 1 aliphatic heterocycles. The monoisotopic (exact) mass is 293 g/mol. The van der Waals surface area contributed by atoms with Crippen LogP contribution in [-0.2, 0) is 0 Å². The fourth-order valence-electron chi connectivity index (χ4n) is 2.52. The van der Waals surface area contributed by atoms with E-state index in [2.05, 4.69) is 21.9 Å². The summed E-state index contributed by atoms with van der Waals surface area (Å²) >= 11 is 0. The van der Waals surface area contributed by atoms with E-state index in [1.807, 2.05) is 19.1 Å². The number of hydrogen-bond acceptors (Lipinski definition) is 5. The van der Waals surface area contributed by atoms with Crippen LogP contribution < -0.4 is 15.4 Å². The Balaban J connectivity index is 1.80. The van der Waals surface area contributed by atoms with Crippen LogP contribution in [0, 0.1) is 0 Å². The summed E-state index contributed by atoms with van der Waals surface area (Å²) in [7, 11) is 1.69. The number of aliphatic hydroxyl groups excluding tert-OH is 1. The topological polar surface area (TPSA) is 62.0 Å². The van der Waals surface area contributed by atoms with Gasteiger partial charge in [-0.3, -0.25) is 4.90 Å². The summed E-state index contributed by atoms with van der Waals surface area (Å²) < 4.78 is 5.19. The molecule has 5 heteroatoms. The second-order valence-electron chi connectivity index (χ2n) is 6.09. The van der Waals surface area contributed by atoms with Gasteiger partial charge in [0.1, 0.15) is 5.75 Å².